The Kier molecular flexibility index (Phi) is 6.96. The van der Waals surface area contributed by atoms with Gasteiger partial charge in [-0.3, -0.25) is 9.88 Å². The van der Waals surface area contributed by atoms with Crippen molar-refractivity contribution in [3.8, 4) is 5.75 Å². The Morgan fingerprint density at radius 1 is 1.35 bits per heavy atom. The molecule has 4 heteroatoms. The lowest BCUT2D eigenvalue weighted by Gasteiger charge is -2.22. The second-order valence-electron chi connectivity index (χ2n) is 5.52. The first kappa shape index (κ1) is 16.9. The third-order valence-corrected chi connectivity index (χ3v) is 3.55. The van der Waals surface area contributed by atoms with Gasteiger partial charge in [0.1, 0.15) is 5.75 Å². The van der Waals surface area contributed by atoms with Crippen molar-refractivity contribution in [1.82, 2.24) is 15.2 Å². The fraction of sp³-hybridized carbons (Fsp3) is 0.688. The average molecular weight is 279 g/mol. The van der Waals surface area contributed by atoms with E-state index in [1.54, 1.807) is 7.11 Å². The number of rotatable bonds is 8. The van der Waals surface area contributed by atoms with Gasteiger partial charge in [-0.25, -0.2) is 0 Å². The molecule has 20 heavy (non-hydrogen) atoms. The Bertz CT molecular complexity index is 418. The Morgan fingerprint density at radius 2 is 2.05 bits per heavy atom. The van der Waals surface area contributed by atoms with Crippen molar-refractivity contribution in [2.24, 2.45) is 0 Å². The van der Waals surface area contributed by atoms with Crippen LogP contribution in [0.15, 0.2) is 6.20 Å². The lowest BCUT2D eigenvalue weighted by Crippen LogP contribution is -2.34. The largest absolute Gasteiger partial charge is 0.496 e. The molecule has 114 valence electrons. The second-order valence-corrected chi connectivity index (χ2v) is 5.52. The number of ether oxygens (including phenoxy) is 1. The molecule has 0 fully saturated rings. The molecule has 0 saturated carbocycles. The van der Waals surface area contributed by atoms with Gasteiger partial charge in [-0.1, -0.05) is 20.8 Å². The third-order valence-electron chi connectivity index (χ3n) is 3.55. The SMILES string of the molecule is CCN(CCNC(C)C)Cc1ncc(C)c(OC)c1C. The van der Waals surface area contributed by atoms with Crippen molar-refractivity contribution in [2.75, 3.05) is 26.7 Å². The minimum Gasteiger partial charge on any atom is -0.496 e. The molecule has 1 aromatic heterocycles. The van der Waals surface area contributed by atoms with Crippen molar-refractivity contribution in [2.45, 2.75) is 47.2 Å². The summed E-state index contributed by atoms with van der Waals surface area (Å²) in [5.74, 6) is 0.964. The number of aryl methyl sites for hydroxylation is 1. The number of methoxy groups -OCH3 is 1. The van der Waals surface area contributed by atoms with Gasteiger partial charge in [-0.05, 0) is 20.4 Å². The summed E-state index contributed by atoms with van der Waals surface area (Å²) in [7, 11) is 1.73. The van der Waals surface area contributed by atoms with E-state index in [9.17, 15) is 0 Å². The van der Waals surface area contributed by atoms with Crippen LogP contribution in [0.3, 0.4) is 0 Å². The molecule has 1 aromatic rings. The van der Waals surface area contributed by atoms with Crippen LogP contribution in [0.2, 0.25) is 0 Å². The van der Waals surface area contributed by atoms with E-state index in [0.29, 0.717) is 6.04 Å². The van der Waals surface area contributed by atoms with Crippen molar-refractivity contribution >= 4 is 0 Å². The van der Waals surface area contributed by atoms with Gasteiger partial charge < -0.3 is 10.1 Å². The summed E-state index contributed by atoms with van der Waals surface area (Å²) in [5, 5.41) is 3.46. The van der Waals surface area contributed by atoms with Gasteiger partial charge in [0.05, 0.1) is 12.8 Å². The molecule has 0 aliphatic heterocycles. The van der Waals surface area contributed by atoms with E-state index in [1.807, 2.05) is 13.1 Å². The molecule has 0 spiro atoms. The average Bonchev–Trinajstić information content (AvgIpc) is 2.40. The fourth-order valence-electron chi connectivity index (χ4n) is 2.30. The molecule has 1 N–H and O–H groups in total. The van der Waals surface area contributed by atoms with Gasteiger partial charge in [0.15, 0.2) is 0 Å². The zero-order valence-electron chi connectivity index (χ0n) is 13.8. The van der Waals surface area contributed by atoms with Crippen LogP contribution < -0.4 is 10.1 Å². The number of hydrogen-bond acceptors (Lipinski definition) is 4. The summed E-state index contributed by atoms with van der Waals surface area (Å²) >= 11 is 0. The minimum atomic E-state index is 0.535. The van der Waals surface area contributed by atoms with Gasteiger partial charge in [0, 0.05) is 43.0 Å². The Hall–Kier alpha value is -1.13. The van der Waals surface area contributed by atoms with Gasteiger partial charge in [-0.15, -0.1) is 0 Å². The van der Waals surface area contributed by atoms with Crippen molar-refractivity contribution in [3.05, 3.63) is 23.0 Å². The van der Waals surface area contributed by atoms with Crippen LogP contribution in [-0.4, -0.2) is 42.7 Å². The van der Waals surface area contributed by atoms with E-state index in [4.69, 9.17) is 4.74 Å². The highest BCUT2D eigenvalue weighted by Gasteiger charge is 2.12. The predicted octanol–water partition coefficient (Wildman–Crippen LogP) is 2.53. The maximum absolute atomic E-state index is 5.47. The number of pyridine rings is 1. The number of aromatic nitrogens is 1. The Morgan fingerprint density at radius 3 is 2.60 bits per heavy atom. The van der Waals surface area contributed by atoms with Crippen molar-refractivity contribution in [1.29, 1.82) is 0 Å². The second kappa shape index (κ2) is 8.22. The van der Waals surface area contributed by atoms with Crippen molar-refractivity contribution < 1.29 is 4.74 Å². The molecule has 0 unspecified atom stereocenters. The van der Waals surface area contributed by atoms with Crippen LogP contribution in [0.1, 0.15) is 37.6 Å². The van der Waals surface area contributed by atoms with E-state index in [2.05, 4.69) is 42.9 Å². The molecule has 1 heterocycles. The summed E-state index contributed by atoms with van der Waals surface area (Å²) < 4.78 is 5.47. The van der Waals surface area contributed by atoms with E-state index in [-0.39, 0.29) is 0 Å². The predicted molar refractivity (Wildman–Crippen MR) is 84.4 cm³/mol. The number of nitrogens with zero attached hydrogens (tertiary/aromatic N) is 2. The molecule has 4 nitrogen and oxygen atoms in total. The molecule has 0 aliphatic carbocycles. The minimum absolute atomic E-state index is 0.535. The molecular weight excluding hydrogens is 250 g/mol. The maximum Gasteiger partial charge on any atom is 0.128 e. The van der Waals surface area contributed by atoms with Crippen LogP contribution >= 0.6 is 0 Å². The molecule has 0 saturated heterocycles. The van der Waals surface area contributed by atoms with E-state index in [0.717, 1.165) is 48.7 Å². The monoisotopic (exact) mass is 279 g/mol. The first-order valence-electron chi connectivity index (χ1n) is 7.44. The zero-order chi connectivity index (χ0) is 15.1. The van der Waals surface area contributed by atoms with Crippen LogP contribution in [-0.2, 0) is 6.54 Å². The van der Waals surface area contributed by atoms with Gasteiger partial charge in [-0.2, -0.15) is 0 Å². The van der Waals surface area contributed by atoms with Crippen molar-refractivity contribution in [3.63, 3.8) is 0 Å². The van der Waals surface area contributed by atoms with E-state index >= 15 is 0 Å². The fourth-order valence-corrected chi connectivity index (χ4v) is 2.30. The lowest BCUT2D eigenvalue weighted by molar-refractivity contribution is 0.271. The highest BCUT2D eigenvalue weighted by molar-refractivity contribution is 5.40. The molecule has 0 atom stereocenters. The summed E-state index contributed by atoms with van der Waals surface area (Å²) in [4.78, 5) is 6.98. The number of hydrogen-bond donors (Lipinski definition) is 1. The number of nitrogens with one attached hydrogen (secondary N) is 1. The molecule has 0 bridgehead atoms. The molecule has 1 rings (SSSR count). The summed E-state index contributed by atoms with van der Waals surface area (Å²) in [6, 6.07) is 0.535. The normalized spacial score (nSPS) is 11.4. The first-order valence-corrected chi connectivity index (χ1v) is 7.44. The molecule has 0 amide bonds. The molecular formula is C16H29N3O. The maximum atomic E-state index is 5.47. The summed E-state index contributed by atoms with van der Waals surface area (Å²) in [6.45, 7) is 14.6. The highest BCUT2D eigenvalue weighted by Crippen LogP contribution is 2.24. The molecule has 0 aromatic carbocycles. The topological polar surface area (TPSA) is 37.4 Å². The van der Waals surface area contributed by atoms with E-state index < -0.39 is 0 Å². The Balaban J connectivity index is 2.70. The quantitative estimate of drug-likeness (QED) is 0.793. The van der Waals surface area contributed by atoms with Crippen LogP contribution in [0.5, 0.6) is 5.75 Å². The summed E-state index contributed by atoms with van der Waals surface area (Å²) in [6.07, 6.45) is 1.90. The molecule has 0 radical (unpaired) electrons. The number of likely N-dealkylation sites (N-methyl/N-ethyl adjacent to an activating group) is 1. The van der Waals surface area contributed by atoms with Crippen LogP contribution in [0.25, 0.3) is 0 Å². The zero-order valence-corrected chi connectivity index (χ0v) is 13.8. The van der Waals surface area contributed by atoms with Crippen LogP contribution in [0, 0.1) is 13.8 Å². The standard InChI is InChI=1S/C16H29N3O/c1-7-19(9-8-17-12(2)3)11-15-14(5)16(20-6)13(4)10-18-15/h10,12,17H,7-9,11H2,1-6H3. The van der Waals surface area contributed by atoms with Gasteiger partial charge in [0.2, 0.25) is 0 Å². The summed E-state index contributed by atoms with van der Waals surface area (Å²) in [5.41, 5.74) is 3.36. The highest BCUT2D eigenvalue weighted by atomic mass is 16.5. The smallest absolute Gasteiger partial charge is 0.128 e. The lowest BCUT2D eigenvalue weighted by atomic mass is 10.1. The van der Waals surface area contributed by atoms with E-state index in [1.165, 1.54) is 0 Å². The molecule has 0 aliphatic rings. The Labute approximate surface area is 123 Å². The van der Waals surface area contributed by atoms with Crippen LogP contribution in [0.4, 0.5) is 0 Å². The third kappa shape index (κ3) is 4.76. The van der Waals surface area contributed by atoms with Gasteiger partial charge >= 0.3 is 0 Å². The first-order chi connectivity index (χ1) is 9.49. The van der Waals surface area contributed by atoms with Gasteiger partial charge in [0.25, 0.3) is 0 Å².